The van der Waals surface area contributed by atoms with Crippen LogP contribution in [0.15, 0.2) is 65.6 Å². The highest BCUT2D eigenvalue weighted by molar-refractivity contribution is 7.91. The Morgan fingerprint density at radius 2 is 1.82 bits per heavy atom. The number of para-hydroxylation sites is 1. The molecule has 0 aliphatic heterocycles. The molecule has 7 nitrogen and oxygen atoms in total. The predicted octanol–water partition coefficient (Wildman–Crippen LogP) is 5.94. The number of carbonyl (C=O) groups excluding carboxylic acids is 1. The van der Waals surface area contributed by atoms with E-state index >= 15 is 0 Å². The van der Waals surface area contributed by atoms with Crippen LogP contribution in [0.4, 0.5) is 8.78 Å². The molecule has 0 radical (unpaired) electrons. The molecule has 4 aromatic rings. The maximum atomic E-state index is 13.0. The number of sulfone groups is 1. The van der Waals surface area contributed by atoms with Crippen molar-refractivity contribution in [2.75, 3.05) is 12.3 Å². The highest BCUT2D eigenvalue weighted by Gasteiger charge is 2.29. The standard InChI is InChI=1S/C28H26ClF2N3O4S/c1-16(35)32-14-22(18-8-10-19(11-9-18)39(36,37)15-17-6-7-17)27-33-23-13-12-21(25(29)26(23)34-27)20-4-2-3-5-24(20)38-28(30)31/h2-5,8-13,17,22,28H,6-7,14-15H2,1H3,(H,32,35)(H,33,34). The Kier molecular flexibility index (Phi) is 7.59. The summed E-state index contributed by atoms with van der Waals surface area (Å²) in [5.74, 6) is 0.220. The summed E-state index contributed by atoms with van der Waals surface area (Å²) in [7, 11) is -3.37. The van der Waals surface area contributed by atoms with E-state index in [0.29, 0.717) is 28.0 Å². The van der Waals surface area contributed by atoms with Crippen LogP contribution < -0.4 is 10.1 Å². The molecule has 0 saturated heterocycles. The van der Waals surface area contributed by atoms with Crippen molar-refractivity contribution in [3.05, 3.63) is 77.1 Å². The molecule has 11 heteroatoms. The van der Waals surface area contributed by atoms with E-state index in [0.717, 1.165) is 18.4 Å². The molecule has 1 fully saturated rings. The second kappa shape index (κ2) is 10.9. The quantitative estimate of drug-likeness (QED) is 0.245. The molecule has 0 spiro atoms. The molecule has 1 atom stereocenters. The minimum atomic E-state index is -3.37. The second-order valence-electron chi connectivity index (χ2n) is 9.60. The molecule has 1 saturated carbocycles. The van der Waals surface area contributed by atoms with Gasteiger partial charge in [-0.05, 0) is 48.6 Å². The molecule has 1 aromatic heterocycles. The van der Waals surface area contributed by atoms with Gasteiger partial charge in [0.15, 0.2) is 9.84 Å². The number of imidazole rings is 1. The summed E-state index contributed by atoms with van der Waals surface area (Å²) >= 11 is 6.73. The molecule has 1 amide bonds. The summed E-state index contributed by atoms with van der Waals surface area (Å²) in [6, 6.07) is 16.4. The van der Waals surface area contributed by atoms with Crippen molar-refractivity contribution in [3.63, 3.8) is 0 Å². The van der Waals surface area contributed by atoms with Gasteiger partial charge in [0.2, 0.25) is 5.91 Å². The predicted molar refractivity (Wildman–Crippen MR) is 145 cm³/mol. The van der Waals surface area contributed by atoms with Crippen molar-refractivity contribution in [1.82, 2.24) is 15.3 Å². The van der Waals surface area contributed by atoms with Crippen LogP contribution in [0.5, 0.6) is 5.75 Å². The molecule has 3 aromatic carbocycles. The smallest absolute Gasteiger partial charge is 0.387 e. The summed E-state index contributed by atoms with van der Waals surface area (Å²) in [5.41, 5.74) is 2.66. The number of rotatable bonds is 10. The number of ether oxygens (including phenoxy) is 1. The van der Waals surface area contributed by atoms with Crippen LogP contribution in [0.25, 0.3) is 22.2 Å². The summed E-state index contributed by atoms with van der Waals surface area (Å²) in [4.78, 5) is 20.0. The third kappa shape index (κ3) is 6.07. The molecule has 0 bridgehead atoms. The summed E-state index contributed by atoms with van der Waals surface area (Å²) < 4.78 is 56.0. The first kappa shape index (κ1) is 27.1. The third-order valence-corrected chi connectivity index (χ3v) is 8.97. The monoisotopic (exact) mass is 573 g/mol. The number of fused-ring (bicyclic) bond motifs is 1. The van der Waals surface area contributed by atoms with Crippen LogP contribution in [-0.2, 0) is 14.6 Å². The van der Waals surface area contributed by atoms with Crippen molar-refractivity contribution in [2.24, 2.45) is 5.92 Å². The fraction of sp³-hybridized carbons (Fsp3) is 0.286. The van der Waals surface area contributed by atoms with Gasteiger partial charge in [0.05, 0.1) is 27.1 Å². The lowest BCUT2D eigenvalue weighted by Crippen LogP contribution is -2.27. The molecule has 2 N–H and O–H groups in total. The number of hydrogen-bond acceptors (Lipinski definition) is 5. The van der Waals surface area contributed by atoms with E-state index in [4.69, 9.17) is 16.6 Å². The lowest BCUT2D eigenvalue weighted by molar-refractivity contribution is -0.119. The zero-order valence-corrected chi connectivity index (χ0v) is 22.5. The minimum absolute atomic E-state index is 0.00947. The van der Waals surface area contributed by atoms with Gasteiger partial charge in [0.1, 0.15) is 17.1 Å². The third-order valence-electron chi connectivity index (χ3n) is 6.68. The van der Waals surface area contributed by atoms with Crippen molar-refractivity contribution in [1.29, 1.82) is 0 Å². The molecule has 204 valence electrons. The summed E-state index contributed by atoms with van der Waals surface area (Å²) in [6.07, 6.45) is 1.88. The highest BCUT2D eigenvalue weighted by Crippen LogP contribution is 2.39. The van der Waals surface area contributed by atoms with Gasteiger partial charge in [-0.15, -0.1) is 0 Å². The van der Waals surface area contributed by atoms with Crippen LogP contribution in [0.3, 0.4) is 0 Å². The van der Waals surface area contributed by atoms with Gasteiger partial charge in [-0.25, -0.2) is 13.4 Å². The van der Waals surface area contributed by atoms with Gasteiger partial charge in [0, 0.05) is 24.6 Å². The molecular formula is C28H26ClF2N3O4S. The van der Waals surface area contributed by atoms with E-state index in [9.17, 15) is 22.0 Å². The van der Waals surface area contributed by atoms with Gasteiger partial charge in [-0.1, -0.05) is 48.0 Å². The average molecular weight is 574 g/mol. The topological polar surface area (TPSA) is 101 Å². The molecule has 1 unspecified atom stereocenters. The van der Waals surface area contributed by atoms with E-state index in [1.165, 1.54) is 13.0 Å². The highest BCUT2D eigenvalue weighted by atomic mass is 35.5. The van der Waals surface area contributed by atoms with E-state index in [1.807, 2.05) is 0 Å². The maximum absolute atomic E-state index is 13.0. The maximum Gasteiger partial charge on any atom is 0.387 e. The fourth-order valence-electron chi connectivity index (χ4n) is 4.54. The van der Waals surface area contributed by atoms with E-state index in [1.54, 1.807) is 54.6 Å². The summed E-state index contributed by atoms with van der Waals surface area (Å²) in [5, 5.41) is 3.06. The molecule has 1 heterocycles. The lowest BCUT2D eigenvalue weighted by atomic mass is 9.98. The lowest BCUT2D eigenvalue weighted by Gasteiger charge is -2.16. The largest absolute Gasteiger partial charge is 0.434 e. The first-order valence-electron chi connectivity index (χ1n) is 12.4. The number of amides is 1. The Labute approximate surface area is 229 Å². The van der Waals surface area contributed by atoms with Crippen LogP contribution in [0, 0.1) is 5.92 Å². The Hall–Kier alpha value is -3.50. The number of H-pyrrole nitrogens is 1. The first-order chi connectivity index (χ1) is 18.6. The number of alkyl halides is 2. The van der Waals surface area contributed by atoms with Gasteiger partial charge in [-0.2, -0.15) is 8.78 Å². The number of carbonyl (C=O) groups is 1. The second-order valence-corrected chi connectivity index (χ2v) is 12.0. The normalized spacial score (nSPS) is 14.5. The van der Waals surface area contributed by atoms with Crippen LogP contribution in [0.1, 0.15) is 37.1 Å². The summed E-state index contributed by atoms with van der Waals surface area (Å²) in [6.45, 7) is -1.38. The van der Waals surface area contributed by atoms with Gasteiger partial charge in [-0.3, -0.25) is 4.79 Å². The Bertz CT molecular complexity index is 1620. The Morgan fingerprint density at radius 3 is 2.49 bits per heavy atom. The van der Waals surface area contributed by atoms with Crippen LogP contribution >= 0.6 is 11.6 Å². The van der Waals surface area contributed by atoms with Gasteiger partial charge in [0.25, 0.3) is 0 Å². The molecule has 39 heavy (non-hydrogen) atoms. The molecule has 1 aliphatic carbocycles. The van der Waals surface area contributed by atoms with Crippen molar-refractivity contribution in [2.45, 2.75) is 37.2 Å². The van der Waals surface area contributed by atoms with Crippen molar-refractivity contribution in [3.8, 4) is 16.9 Å². The van der Waals surface area contributed by atoms with E-state index in [-0.39, 0.29) is 39.8 Å². The number of aromatic amines is 1. The number of hydrogen-bond donors (Lipinski definition) is 2. The van der Waals surface area contributed by atoms with Gasteiger partial charge < -0.3 is 15.0 Å². The number of aromatic nitrogens is 2. The Balaban J connectivity index is 1.51. The number of nitrogens with zero attached hydrogens (tertiary/aromatic N) is 1. The zero-order valence-electron chi connectivity index (χ0n) is 21.0. The van der Waals surface area contributed by atoms with Crippen LogP contribution in [0.2, 0.25) is 5.02 Å². The van der Waals surface area contributed by atoms with E-state index in [2.05, 4.69) is 15.0 Å². The molecular weight excluding hydrogens is 548 g/mol. The fourth-order valence-corrected chi connectivity index (χ4v) is 6.54. The van der Waals surface area contributed by atoms with Crippen LogP contribution in [-0.4, -0.2) is 43.2 Å². The molecule has 5 rings (SSSR count). The first-order valence-corrected chi connectivity index (χ1v) is 14.4. The SMILES string of the molecule is CC(=O)NCC(c1ccc(S(=O)(=O)CC2CC2)cc1)c1nc2c(Cl)c(-c3ccccc3OC(F)F)ccc2[nH]1. The zero-order chi connectivity index (χ0) is 27.7. The number of halogens is 3. The molecule has 1 aliphatic rings. The van der Waals surface area contributed by atoms with Crippen molar-refractivity contribution >= 4 is 38.4 Å². The Morgan fingerprint density at radius 1 is 1.10 bits per heavy atom. The number of benzene rings is 3. The average Bonchev–Trinajstić information content (AvgIpc) is 3.58. The van der Waals surface area contributed by atoms with Crippen molar-refractivity contribution < 1.29 is 26.7 Å². The minimum Gasteiger partial charge on any atom is -0.434 e. The number of nitrogens with one attached hydrogen (secondary N) is 2. The van der Waals surface area contributed by atoms with E-state index < -0.39 is 22.4 Å². The van der Waals surface area contributed by atoms with Gasteiger partial charge >= 0.3 is 6.61 Å².